The predicted molar refractivity (Wildman–Crippen MR) is 118 cm³/mol. The molecule has 2 aromatic rings. The molecule has 11 heteroatoms. The van der Waals surface area contributed by atoms with E-state index in [1.807, 2.05) is 0 Å². The molecule has 0 spiro atoms. The minimum Gasteiger partial charge on any atom is -0.480 e. The zero-order valence-corrected chi connectivity index (χ0v) is 19.2. The topological polar surface area (TPSA) is 104 Å². The van der Waals surface area contributed by atoms with Crippen LogP contribution in [0.5, 0.6) is 0 Å². The smallest absolute Gasteiger partial charge is 0.326 e. The van der Waals surface area contributed by atoms with Gasteiger partial charge in [-0.25, -0.2) is 13.2 Å². The second-order valence-electron chi connectivity index (χ2n) is 7.11. The van der Waals surface area contributed by atoms with Crippen molar-refractivity contribution in [3.8, 4) is 0 Å². The molecule has 7 nitrogen and oxygen atoms in total. The normalized spacial score (nSPS) is 18.0. The van der Waals surface area contributed by atoms with Gasteiger partial charge in [0.25, 0.3) is 0 Å². The van der Waals surface area contributed by atoms with Crippen molar-refractivity contribution < 1.29 is 23.1 Å². The van der Waals surface area contributed by atoms with E-state index in [2.05, 4.69) is 5.32 Å². The Morgan fingerprint density at radius 3 is 2.26 bits per heavy atom. The fourth-order valence-electron chi connectivity index (χ4n) is 3.43. The first-order valence-electron chi connectivity index (χ1n) is 9.33. The number of carbonyl (C=O) groups is 2. The number of carboxylic acids is 1. The lowest BCUT2D eigenvalue weighted by Gasteiger charge is -2.25. The number of halogens is 3. The van der Waals surface area contributed by atoms with E-state index in [-0.39, 0.29) is 34.3 Å². The summed E-state index contributed by atoms with van der Waals surface area (Å²) in [5, 5.41) is 12.8. The lowest BCUT2D eigenvalue weighted by Crippen LogP contribution is -2.51. The van der Waals surface area contributed by atoms with Crippen molar-refractivity contribution in [3.63, 3.8) is 0 Å². The Labute approximate surface area is 194 Å². The fourth-order valence-corrected chi connectivity index (χ4v) is 5.94. The summed E-state index contributed by atoms with van der Waals surface area (Å²) in [6.45, 7) is 0.124. The molecule has 0 unspecified atom stereocenters. The van der Waals surface area contributed by atoms with Crippen molar-refractivity contribution in [2.24, 2.45) is 0 Å². The van der Waals surface area contributed by atoms with Gasteiger partial charge in [-0.2, -0.15) is 4.31 Å². The molecule has 0 saturated carbocycles. The van der Waals surface area contributed by atoms with E-state index < -0.39 is 34.0 Å². The van der Waals surface area contributed by atoms with Crippen LogP contribution in [0.2, 0.25) is 15.1 Å². The zero-order valence-electron chi connectivity index (χ0n) is 16.1. The summed E-state index contributed by atoms with van der Waals surface area (Å²) in [5.74, 6) is -1.90. The summed E-state index contributed by atoms with van der Waals surface area (Å²) in [7, 11) is -4.06. The summed E-state index contributed by atoms with van der Waals surface area (Å²) in [5.41, 5.74) is 0.668. The lowest BCUT2D eigenvalue weighted by molar-refractivity contribution is -0.142. The number of benzene rings is 2. The third-order valence-electron chi connectivity index (χ3n) is 4.92. The average Bonchev–Trinajstić information content (AvgIpc) is 3.19. The number of nitrogens with one attached hydrogen (secondary N) is 1. The summed E-state index contributed by atoms with van der Waals surface area (Å²) < 4.78 is 27.3. The summed E-state index contributed by atoms with van der Waals surface area (Å²) in [6.07, 6.45) is 0.759. The van der Waals surface area contributed by atoms with Crippen LogP contribution >= 0.6 is 34.8 Å². The second-order valence-corrected chi connectivity index (χ2v) is 10.3. The molecule has 0 aromatic heterocycles. The van der Waals surface area contributed by atoms with Crippen LogP contribution in [0.4, 0.5) is 0 Å². The minimum atomic E-state index is -4.06. The highest BCUT2D eigenvalue weighted by molar-refractivity contribution is 7.89. The molecule has 31 heavy (non-hydrogen) atoms. The van der Waals surface area contributed by atoms with Gasteiger partial charge in [0.2, 0.25) is 15.9 Å². The van der Waals surface area contributed by atoms with E-state index in [4.69, 9.17) is 34.8 Å². The van der Waals surface area contributed by atoms with Gasteiger partial charge >= 0.3 is 5.97 Å². The van der Waals surface area contributed by atoms with Crippen LogP contribution in [-0.4, -0.2) is 48.3 Å². The molecular weight excluding hydrogens is 487 g/mol. The van der Waals surface area contributed by atoms with E-state index in [1.165, 1.54) is 18.2 Å². The molecule has 2 N–H and O–H groups in total. The molecule has 1 fully saturated rings. The third kappa shape index (κ3) is 5.70. The standard InChI is InChI=1S/C20H19Cl3N2O5S/c21-13-5-3-12(4-6-13)8-17(20(27)28)24-19(26)18-2-1-7-25(18)31(29,30)16-10-14(22)9-15(23)11-16/h3-6,9-11,17-18H,1-2,7-8H2,(H,24,26)(H,27,28)/t17-,18-/m0/s1. The maximum atomic E-state index is 13.1. The Morgan fingerprint density at radius 2 is 1.68 bits per heavy atom. The van der Waals surface area contributed by atoms with Crippen molar-refractivity contribution in [2.75, 3.05) is 6.54 Å². The number of nitrogens with zero attached hydrogens (tertiary/aromatic N) is 1. The molecule has 1 amide bonds. The van der Waals surface area contributed by atoms with Gasteiger partial charge in [-0.15, -0.1) is 0 Å². The molecule has 0 aliphatic carbocycles. The van der Waals surface area contributed by atoms with Gasteiger partial charge in [0, 0.05) is 28.0 Å². The molecule has 166 valence electrons. The van der Waals surface area contributed by atoms with Gasteiger partial charge in [-0.05, 0) is 48.7 Å². The van der Waals surface area contributed by atoms with Crippen molar-refractivity contribution >= 4 is 56.7 Å². The van der Waals surface area contributed by atoms with Crippen molar-refractivity contribution in [3.05, 3.63) is 63.1 Å². The largest absolute Gasteiger partial charge is 0.480 e. The zero-order chi connectivity index (χ0) is 22.8. The Hall–Kier alpha value is -1.84. The molecule has 1 saturated heterocycles. The minimum absolute atomic E-state index is 0.0294. The Balaban J connectivity index is 1.79. The van der Waals surface area contributed by atoms with Crippen LogP contribution in [0.15, 0.2) is 47.4 Å². The number of carboxylic acid groups (broad SMARTS) is 1. The first-order chi connectivity index (χ1) is 14.6. The number of sulfonamides is 1. The monoisotopic (exact) mass is 504 g/mol. The van der Waals surface area contributed by atoms with E-state index in [0.717, 1.165) is 4.31 Å². The van der Waals surface area contributed by atoms with Crippen LogP contribution in [0.1, 0.15) is 18.4 Å². The van der Waals surface area contributed by atoms with E-state index in [0.29, 0.717) is 17.0 Å². The molecule has 1 heterocycles. The fraction of sp³-hybridized carbons (Fsp3) is 0.300. The molecule has 1 aliphatic heterocycles. The van der Waals surface area contributed by atoms with Gasteiger partial charge < -0.3 is 10.4 Å². The van der Waals surface area contributed by atoms with Gasteiger partial charge in [-0.1, -0.05) is 46.9 Å². The molecule has 2 atom stereocenters. The van der Waals surface area contributed by atoms with Crippen LogP contribution in [0.3, 0.4) is 0 Å². The van der Waals surface area contributed by atoms with E-state index >= 15 is 0 Å². The second kappa shape index (κ2) is 9.75. The summed E-state index contributed by atoms with van der Waals surface area (Å²) >= 11 is 17.7. The molecule has 0 bridgehead atoms. The van der Waals surface area contributed by atoms with Crippen molar-refractivity contribution in [2.45, 2.75) is 36.2 Å². The van der Waals surface area contributed by atoms with Crippen molar-refractivity contribution in [1.82, 2.24) is 9.62 Å². The lowest BCUT2D eigenvalue weighted by atomic mass is 10.1. The number of amides is 1. The third-order valence-corrected chi connectivity index (χ3v) is 7.49. The highest BCUT2D eigenvalue weighted by Crippen LogP contribution is 2.30. The van der Waals surface area contributed by atoms with E-state index in [9.17, 15) is 23.1 Å². The molecule has 2 aromatic carbocycles. The van der Waals surface area contributed by atoms with Crippen molar-refractivity contribution in [1.29, 1.82) is 0 Å². The van der Waals surface area contributed by atoms with Crippen LogP contribution in [-0.2, 0) is 26.0 Å². The average molecular weight is 506 g/mol. The number of hydrogen-bond donors (Lipinski definition) is 2. The highest BCUT2D eigenvalue weighted by atomic mass is 35.5. The van der Waals surface area contributed by atoms with Gasteiger partial charge in [0.1, 0.15) is 12.1 Å². The Morgan fingerprint density at radius 1 is 1.06 bits per heavy atom. The maximum absolute atomic E-state index is 13.1. The highest BCUT2D eigenvalue weighted by Gasteiger charge is 2.40. The van der Waals surface area contributed by atoms with E-state index in [1.54, 1.807) is 24.3 Å². The van der Waals surface area contributed by atoms with Gasteiger partial charge in [-0.3, -0.25) is 4.79 Å². The van der Waals surface area contributed by atoms with Crippen LogP contribution < -0.4 is 5.32 Å². The Kier molecular flexibility index (Phi) is 7.49. The number of rotatable bonds is 7. The molecule has 1 aliphatic rings. The predicted octanol–water partition coefficient (Wildman–Crippen LogP) is 3.61. The van der Waals surface area contributed by atoms with Gasteiger partial charge in [0.05, 0.1) is 4.90 Å². The summed E-state index contributed by atoms with van der Waals surface area (Å²) in [4.78, 5) is 24.4. The number of aliphatic carboxylic acids is 1. The SMILES string of the molecule is O=C(O)[C@H](Cc1ccc(Cl)cc1)NC(=O)[C@@H]1CCCN1S(=O)(=O)c1cc(Cl)cc(Cl)c1. The van der Waals surface area contributed by atoms with Crippen LogP contribution in [0, 0.1) is 0 Å². The quantitative estimate of drug-likeness (QED) is 0.598. The van der Waals surface area contributed by atoms with Gasteiger partial charge in [0.15, 0.2) is 0 Å². The molecule has 0 radical (unpaired) electrons. The molecular formula is C20H19Cl3N2O5S. The van der Waals surface area contributed by atoms with Crippen LogP contribution in [0.25, 0.3) is 0 Å². The Bertz CT molecular complexity index is 1070. The number of carbonyl (C=O) groups excluding carboxylic acids is 1. The maximum Gasteiger partial charge on any atom is 0.326 e. The molecule has 3 rings (SSSR count). The first-order valence-corrected chi connectivity index (χ1v) is 11.9. The number of hydrogen-bond acceptors (Lipinski definition) is 4. The summed E-state index contributed by atoms with van der Waals surface area (Å²) in [6, 6.07) is 8.25. The first kappa shape index (κ1) is 23.8.